The highest BCUT2D eigenvalue weighted by atomic mass is 79.9. The zero-order valence-corrected chi connectivity index (χ0v) is 12.6. The first-order valence-corrected chi connectivity index (χ1v) is 7.46. The normalized spacial score (nSPS) is 23.5. The molecule has 2 fully saturated rings. The lowest BCUT2D eigenvalue weighted by Gasteiger charge is -2.44. The maximum absolute atomic E-state index is 12.2. The molecule has 1 N–H and O–H groups in total. The van der Waals surface area contributed by atoms with Crippen LogP contribution < -0.4 is 10.2 Å². The summed E-state index contributed by atoms with van der Waals surface area (Å²) in [6.07, 6.45) is 0. The van der Waals surface area contributed by atoms with E-state index in [0.717, 1.165) is 36.3 Å². The number of rotatable bonds is 1. The minimum atomic E-state index is 0.248. The third-order valence-corrected chi connectivity index (χ3v) is 4.82. The lowest BCUT2D eigenvalue weighted by atomic mass is 10.1. The van der Waals surface area contributed by atoms with Crippen LogP contribution in [-0.4, -0.2) is 49.6 Å². The molecule has 0 aliphatic carbocycles. The molecule has 1 aromatic carbocycles. The van der Waals surface area contributed by atoms with Crippen LogP contribution in [0.25, 0.3) is 0 Å². The first-order chi connectivity index (χ1) is 9.15. The number of nitrogens with zero attached hydrogens (tertiary/aromatic N) is 2. The predicted octanol–water partition coefficient (Wildman–Crippen LogP) is 1.38. The van der Waals surface area contributed by atoms with Gasteiger partial charge in [-0.3, -0.25) is 4.79 Å². The van der Waals surface area contributed by atoms with E-state index in [-0.39, 0.29) is 5.91 Å². The smallest absolute Gasteiger partial charge is 0.242 e. The quantitative estimate of drug-likeness (QED) is 0.848. The molecule has 2 aliphatic heterocycles. The minimum absolute atomic E-state index is 0.248. The Morgan fingerprint density at radius 3 is 3.05 bits per heavy atom. The van der Waals surface area contributed by atoms with Gasteiger partial charge < -0.3 is 15.1 Å². The number of benzene rings is 1. The molecular formula is C14H18BrN3O. The molecule has 5 heteroatoms. The molecule has 1 aromatic rings. The summed E-state index contributed by atoms with van der Waals surface area (Å²) in [5, 5.41) is 3.37. The summed E-state index contributed by atoms with van der Waals surface area (Å²) < 4.78 is 1.11. The number of fused-ring (bicyclic) bond motifs is 1. The molecule has 2 heterocycles. The van der Waals surface area contributed by atoms with Crippen molar-refractivity contribution in [1.29, 1.82) is 0 Å². The molecule has 2 saturated heterocycles. The standard InChI is InChI=1S/C14H18BrN3O/c1-10-6-11(2-3-13(10)15)17-8-12-7-16-4-5-18(12)14(19)9-17/h2-3,6,12,16H,4-5,7-9H2,1H3. The van der Waals surface area contributed by atoms with Crippen molar-refractivity contribution < 1.29 is 4.79 Å². The molecule has 19 heavy (non-hydrogen) atoms. The second kappa shape index (κ2) is 5.13. The summed E-state index contributed by atoms with van der Waals surface area (Å²) in [6, 6.07) is 6.58. The van der Waals surface area contributed by atoms with Crippen molar-refractivity contribution in [2.24, 2.45) is 0 Å². The number of carbonyl (C=O) groups is 1. The lowest BCUT2D eigenvalue weighted by molar-refractivity contribution is -0.134. The predicted molar refractivity (Wildman–Crippen MR) is 79.5 cm³/mol. The summed E-state index contributed by atoms with van der Waals surface area (Å²) in [7, 11) is 0. The molecule has 0 bridgehead atoms. The Labute approximate surface area is 121 Å². The van der Waals surface area contributed by atoms with Gasteiger partial charge >= 0.3 is 0 Å². The van der Waals surface area contributed by atoms with Gasteiger partial charge in [0.2, 0.25) is 5.91 Å². The van der Waals surface area contributed by atoms with Crippen LogP contribution in [-0.2, 0) is 4.79 Å². The summed E-state index contributed by atoms with van der Waals surface area (Å²) in [6.45, 7) is 6.15. The summed E-state index contributed by atoms with van der Waals surface area (Å²) >= 11 is 3.52. The van der Waals surface area contributed by atoms with Gasteiger partial charge in [-0.05, 0) is 30.7 Å². The second-order valence-electron chi connectivity index (χ2n) is 5.26. The van der Waals surface area contributed by atoms with Crippen molar-refractivity contribution in [3.63, 3.8) is 0 Å². The number of amides is 1. The van der Waals surface area contributed by atoms with E-state index in [1.165, 1.54) is 5.56 Å². The average Bonchev–Trinajstić information content (AvgIpc) is 2.42. The molecule has 0 saturated carbocycles. The first kappa shape index (κ1) is 12.9. The molecule has 1 unspecified atom stereocenters. The van der Waals surface area contributed by atoms with Gasteiger partial charge in [0.25, 0.3) is 0 Å². The zero-order valence-electron chi connectivity index (χ0n) is 11.0. The van der Waals surface area contributed by atoms with Gasteiger partial charge in [0.05, 0.1) is 12.6 Å². The van der Waals surface area contributed by atoms with E-state index in [9.17, 15) is 4.79 Å². The molecule has 3 rings (SSSR count). The van der Waals surface area contributed by atoms with E-state index >= 15 is 0 Å². The Morgan fingerprint density at radius 2 is 2.26 bits per heavy atom. The minimum Gasteiger partial charge on any atom is -0.360 e. The maximum Gasteiger partial charge on any atom is 0.242 e. The van der Waals surface area contributed by atoms with E-state index in [1.807, 2.05) is 4.90 Å². The van der Waals surface area contributed by atoms with E-state index in [2.05, 4.69) is 51.3 Å². The number of carbonyl (C=O) groups excluding carboxylic acids is 1. The van der Waals surface area contributed by atoms with Crippen molar-refractivity contribution >= 4 is 27.5 Å². The lowest BCUT2D eigenvalue weighted by Crippen LogP contribution is -2.63. The Balaban J connectivity index is 1.82. The van der Waals surface area contributed by atoms with Crippen molar-refractivity contribution in [2.75, 3.05) is 37.6 Å². The fraction of sp³-hybridized carbons (Fsp3) is 0.500. The van der Waals surface area contributed by atoms with Gasteiger partial charge in [0.1, 0.15) is 0 Å². The van der Waals surface area contributed by atoms with Crippen molar-refractivity contribution in [3.8, 4) is 0 Å². The van der Waals surface area contributed by atoms with Gasteiger partial charge in [0, 0.05) is 36.3 Å². The van der Waals surface area contributed by atoms with Crippen LogP contribution in [0.3, 0.4) is 0 Å². The highest BCUT2D eigenvalue weighted by molar-refractivity contribution is 9.10. The highest BCUT2D eigenvalue weighted by Gasteiger charge is 2.33. The molecule has 2 aliphatic rings. The summed E-state index contributed by atoms with van der Waals surface area (Å²) in [4.78, 5) is 16.4. The van der Waals surface area contributed by atoms with E-state index in [4.69, 9.17) is 0 Å². The molecule has 1 atom stereocenters. The zero-order chi connectivity index (χ0) is 13.4. The molecule has 0 spiro atoms. The highest BCUT2D eigenvalue weighted by Crippen LogP contribution is 2.25. The Hall–Kier alpha value is -1.07. The van der Waals surface area contributed by atoms with Crippen LogP contribution >= 0.6 is 15.9 Å². The van der Waals surface area contributed by atoms with E-state index in [0.29, 0.717) is 12.6 Å². The van der Waals surface area contributed by atoms with Crippen LogP contribution in [0.4, 0.5) is 5.69 Å². The largest absolute Gasteiger partial charge is 0.360 e. The molecule has 0 radical (unpaired) electrons. The third-order valence-electron chi connectivity index (χ3n) is 3.93. The van der Waals surface area contributed by atoms with E-state index in [1.54, 1.807) is 0 Å². The molecular weight excluding hydrogens is 306 g/mol. The SMILES string of the molecule is Cc1cc(N2CC(=O)N3CCNCC3C2)ccc1Br. The summed E-state index contributed by atoms with van der Waals surface area (Å²) in [5.41, 5.74) is 2.34. The Morgan fingerprint density at radius 1 is 1.42 bits per heavy atom. The monoisotopic (exact) mass is 323 g/mol. The van der Waals surface area contributed by atoms with Gasteiger partial charge in [-0.1, -0.05) is 15.9 Å². The van der Waals surface area contributed by atoms with Crippen LogP contribution in [0.1, 0.15) is 5.56 Å². The van der Waals surface area contributed by atoms with Crippen LogP contribution in [0, 0.1) is 6.92 Å². The van der Waals surface area contributed by atoms with Gasteiger partial charge in [-0.15, -0.1) is 0 Å². The molecule has 102 valence electrons. The fourth-order valence-corrected chi connectivity index (χ4v) is 3.09. The molecule has 1 amide bonds. The van der Waals surface area contributed by atoms with Crippen LogP contribution in [0.5, 0.6) is 0 Å². The van der Waals surface area contributed by atoms with Crippen molar-refractivity contribution in [3.05, 3.63) is 28.2 Å². The van der Waals surface area contributed by atoms with Crippen molar-refractivity contribution in [2.45, 2.75) is 13.0 Å². The van der Waals surface area contributed by atoms with Gasteiger partial charge in [0.15, 0.2) is 0 Å². The number of anilines is 1. The third kappa shape index (κ3) is 2.49. The topological polar surface area (TPSA) is 35.6 Å². The van der Waals surface area contributed by atoms with Crippen LogP contribution in [0.15, 0.2) is 22.7 Å². The Kier molecular flexibility index (Phi) is 3.50. The number of aryl methyl sites for hydroxylation is 1. The molecule has 4 nitrogen and oxygen atoms in total. The molecule has 0 aromatic heterocycles. The van der Waals surface area contributed by atoms with Crippen LogP contribution in [0.2, 0.25) is 0 Å². The van der Waals surface area contributed by atoms with E-state index < -0.39 is 0 Å². The number of hydrogen-bond acceptors (Lipinski definition) is 3. The number of hydrogen-bond donors (Lipinski definition) is 1. The maximum atomic E-state index is 12.2. The second-order valence-corrected chi connectivity index (χ2v) is 6.11. The van der Waals surface area contributed by atoms with Crippen molar-refractivity contribution in [1.82, 2.24) is 10.2 Å². The number of nitrogens with one attached hydrogen (secondary N) is 1. The number of piperazine rings is 2. The van der Waals surface area contributed by atoms with Gasteiger partial charge in [-0.2, -0.15) is 0 Å². The summed E-state index contributed by atoms with van der Waals surface area (Å²) in [5.74, 6) is 0.248. The first-order valence-electron chi connectivity index (χ1n) is 6.66. The number of halogens is 1. The Bertz CT molecular complexity index is 505. The fourth-order valence-electron chi connectivity index (χ4n) is 2.85. The average molecular weight is 324 g/mol. The van der Waals surface area contributed by atoms with Gasteiger partial charge in [-0.25, -0.2) is 0 Å².